The van der Waals surface area contributed by atoms with Crippen LogP contribution in [-0.2, 0) is 16.0 Å². The van der Waals surface area contributed by atoms with Crippen molar-refractivity contribution < 1.29 is 14.3 Å². The van der Waals surface area contributed by atoms with Crippen molar-refractivity contribution in [3.63, 3.8) is 0 Å². The van der Waals surface area contributed by atoms with Crippen molar-refractivity contribution in [3.05, 3.63) is 59.2 Å². The molecule has 2 aromatic carbocycles. The summed E-state index contributed by atoms with van der Waals surface area (Å²) in [4.78, 5) is 26.4. The van der Waals surface area contributed by atoms with Crippen LogP contribution in [0.5, 0.6) is 0 Å². The second kappa shape index (κ2) is 7.49. The quantitative estimate of drug-likeness (QED) is 0.931. The number of fused-ring (bicyclic) bond motifs is 1. The average molecular weight is 338 g/mol. The van der Waals surface area contributed by atoms with E-state index >= 15 is 0 Å². The molecule has 0 saturated carbocycles. The van der Waals surface area contributed by atoms with Crippen LogP contribution < -0.4 is 10.2 Å². The summed E-state index contributed by atoms with van der Waals surface area (Å²) in [6.45, 7) is 2.71. The number of carbonyl (C=O) groups excluding carboxylic acids is 2. The van der Waals surface area contributed by atoms with Crippen LogP contribution in [0.1, 0.15) is 27.9 Å². The van der Waals surface area contributed by atoms with Crippen LogP contribution in [0.2, 0.25) is 0 Å². The molecule has 25 heavy (non-hydrogen) atoms. The van der Waals surface area contributed by atoms with E-state index < -0.39 is 0 Å². The molecule has 130 valence electrons. The predicted molar refractivity (Wildman–Crippen MR) is 98.1 cm³/mol. The largest absolute Gasteiger partial charge is 0.375 e. The summed E-state index contributed by atoms with van der Waals surface area (Å²) in [6.07, 6.45) is 1.86. The average Bonchev–Trinajstić information content (AvgIpc) is 2.62. The van der Waals surface area contributed by atoms with Crippen molar-refractivity contribution in [3.8, 4) is 0 Å². The molecule has 2 aromatic rings. The zero-order valence-corrected chi connectivity index (χ0v) is 14.5. The Kier molecular flexibility index (Phi) is 5.14. The van der Waals surface area contributed by atoms with E-state index in [9.17, 15) is 9.59 Å². The fourth-order valence-corrected chi connectivity index (χ4v) is 3.02. The molecule has 0 spiro atoms. The summed E-state index contributed by atoms with van der Waals surface area (Å²) >= 11 is 0. The van der Waals surface area contributed by atoms with Gasteiger partial charge in [0.1, 0.15) is 6.61 Å². The molecule has 0 atom stereocenters. The van der Waals surface area contributed by atoms with Crippen LogP contribution in [-0.4, -0.2) is 32.1 Å². The maximum atomic E-state index is 12.4. The van der Waals surface area contributed by atoms with Crippen LogP contribution in [0.25, 0.3) is 0 Å². The number of benzene rings is 2. The van der Waals surface area contributed by atoms with E-state index in [-0.39, 0.29) is 18.4 Å². The van der Waals surface area contributed by atoms with E-state index in [0.717, 1.165) is 29.7 Å². The van der Waals surface area contributed by atoms with Gasteiger partial charge in [-0.3, -0.25) is 9.59 Å². The zero-order valence-electron chi connectivity index (χ0n) is 14.5. The molecule has 5 heteroatoms. The number of anilines is 2. The molecule has 0 fully saturated rings. The molecule has 0 bridgehead atoms. The van der Waals surface area contributed by atoms with Crippen molar-refractivity contribution in [2.45, 2.75) is 19.8 Å². The van der Waals surface area contributed by atoms with Gasteiger partial charge < -0.3 is 15.0 Å². The maximum absolute atomic E-state index is 12.4. The van der Waals surface area contributed by atoms with Gasteiger partial charge in [-0.15, -0.1) is 0 Å². The van der Waals surface area contributed by atoms with Crippen molar-refractivity contribution >= 4 is 23.2 Å². The smallest absolute Gasteiger partial charge is 0.255 e. The molecular weight excluding hydrogens is 316 g/mol. The van der Waals surface area contributed by atoms with Gasteiger partial charge in [-0.25, -0.2) is 0 Å². The van der Waals surface area contributed by atoms with Crippen molar-refractivity contribution in [1.29, 1.82) is 0 Å². The highest BCUT2D eigenvalue weighted by molar-refractivity contribution is 6.05. The van der Waals surface area contributed by atoms with Gasteiger partial charge in [0.15, 0.2) is 0 Å². The van der Waals surface area contributed by atoms with E-state index in [1.807, 2.05) is 37.3 Å². The van der Waals surface area contributed by atoms with Gasteiger partial charge in [0.25, 0.3) is 11.8 Å². The Balaban J connectivity index is 1.82. The molecule has 3 rings (SSSR count). The Labute approximate surface area is 147 Å². The molecule has 0 radical (unpaired) electrons. The molecule has 0 aromatic heterocycles. The second-order valence-corrected chi connectivity index (χ2v) is 6.25. The van der Waals surface area contributed by atoms with Gasteiger partial charge in [-0.1, -0.05) is 23.8 Å². The minimum atomic E-state index is -0.162. The number of carbonyl (C=O) groups is 2. The lowest BCUT2D eigenvalue weighted by Gasteiger charge is -2.29. The number of hydrogen-bond acceptors (Lipinski definition) is 3. The highest BCUT2D eigenvalue weighted by Crippen LogP contribution is 2.30. The summed E-state index contributed by atoms with van der Waals surface area (Å²) in [5.74, 6) is -0.226. The normalized spacial score (nSPS) is 13.3. The Hall–Kier alpha value is -2.66. The number of nitrogens with zero attached hydrogens (tertiary/aromatic N) is 1. The van der Waals surface area contributed by atoms with Gasteiger partial charge in [-0.05, 0) is 49.6 Å². The highest BCUT2D eigenvalue weighted by Gasteiger charge is 2.23. The van der Waals surface area contributed by atoms with Gasteiger partial charge >= 0.3 is 0 Å². The summed E-state index contributed by atoms with van der Waals surface area (Å²) in [5, 5.41) is 2.91. The molecule has 0 aliphatic carbocycles. The fraction of sp³-hybridized carbons (Fsp3) is 0.300. The summed E-state index contributed by atoms with van der Waals surface area (Å²) in [7, 11) is 1.51. The predicted octanol–water partition coefficient (Wildman–Crippen LogP) is 3.17. The third-order valence-corrected chi connectivity index (χ3v) is 4.34. The molecule has 0 unspecified atom stereocenters. The van der Waals surface area contributed by atoms with Crippen molar-refractivity contribution in [2.75, 3.05) is 30.5 Å². The van der Waals surface area contributed by atoms with Crippen LogP contribution in [0.15, 0.2) is 42.5 Å². The third-order valence-electron chi connectivity index (χ3n) is 4.34. The number of aryl methyl sites for hydroxylation is 2. The fourth-order valence-electron chi connectivity index (χ4n) is 3.02. The lowest BCUT2D eigenvalue weighted by Crippen LogP contribution is -2.37. The first-order valence-electron chi connectivity index (χ1n) is 8.39. The molecule has 1 N–H and O–H groups in total. The van der Waals surface area contributed by atoms with Crippen LogP contribution in [0.3, 0.4) is 0 Å². The molecule has 2 amide bonds. The van der Waals surface area contributed by atoms with E-state index in [0.29, 0.717) is 17.8 Å². The van der Waals surface area contributed by atoms with Gasteiger partial charge in [0.05, 0.1) is 0 Å². The number of rotatable bonds is 4. The van der Waals surface area contributed by atoms with Gasteiger partial charge in [-0.2, -0.15) is 0 Å². The number of hydrogen-bond donors (Lipinski definition) is 1. The Morgan fingerprint density at radius 1 is 1.16 bits per heavy atom. The summed E-state index contributed by atoms with van der Waals surface area (Å²) < 4.78 is 4.97. The molecule has 1 aliphatic rings. The van der Waals surface area contributed by atoms with E-state index in [2.05, 4.69) is 5.32 Å². The topological polar surface area (TPSA) is 58.6 Å². The lowest BCUT2D eigenvalue weighted by molar-refractivity contribution is -0.122. The first-order chi connectivity index (χ1) is 12.1. The Morgan fingerprint density at radius 3 is 2.64 bits per heavy atom. The number of methoxy groups -OCH3 is 1. The van der Waals surface area contributed by atoms with E-state index in [4.69, 9.17) is 4.74 Å². The molecular formula is C20H22N2O3. The monoisotopic (exact) mass is 338 g/mol. The maximum Gasteiger partial charge on any atom is 0.255 e. The molecule has 1 aliphatic heterocycles. The van der Waals surface area contributed by atoms with Gasteiger partial charge in [0, 0.05) is 30.6 Å². The van der Waals surface area contributed by atoms with E-state index in [1.165, 1.54) is 7.11 Å². The second-order valence-electron chi connectivity index (χ2n) is 6.25. The minimum Gasteiger partial charge on any atom is -0.375 e. The summed E-state index contributed by atoms with van der Waals surface area (Å²) in [5.41, 5.74) is 4.37. The Bertz CT molecular complexity index is 784. The van der Waals surface area contributed by atoms with Crippen LogP contribution >= 0.6 is 0 Å². The molecule has 0 saturated heterocycles. The number of ether oxygens (including phenoxy) is 1. The third kappa shape index (κ3) is 3.88. The number of amides is 2. The van der Waals surface area contributed by atoms with E-state index in [1.54, 1.807) is 17.0 Å². The zero-order chi connectivity index (χ0) is 17.8. The number of nitrogens with one attached hydrogen (secondary N) is 1. The first-order valence-corrected chi connectivity index (χ1v) is 8.39. The molecule has 1 heterocycles. The SMILES string of the molecule is COCC(=O)N1CCCc2ccc(NC(=O)c3ccc(C)cc3)cc21. The lowest BCUT2D eigenvalue weighted by atomic mass is 10.0. The van der Waals surface area contributed by atoms with Gasteiger partial charge in [0.2, 0.25) is 0 Å². The standard InChI is InChI=1S/C20H22N2O3/c1-14-5-7-16(8-6-14)20(24)21-17-10-9-15-4-3-11-22(18(15)12-17)19(23)13-25-2/h5-10,12H,3-4,11,13H2,1-2H3,(H,21,24). The first kappa shape index (κ1) is 17.2. The van der Waals surface area contributed by atoms with Crippen molar-refractivity contribution in [2.24, 2.45) is 0 Å². The highest BCUT2D eigenvalue weighted by atomic mass is 16.5. The summed E-state index contributed by atoms with van der Waals surface area (Å²) in [6, 6.07) is 13.2. The minimum absolute atomic E-state index is 0.0550. The van der Waals surface area contributed by atoms with Crippen LogP contribution in [0.4, 0.5) is 11.4 Å². The molecule has 5 nitrogen and oxygen atoms in total. The van der Waals surface area contributed by atoms with Crippen LogP contribution in [0, 0.1) is 6.92 Å². The Morgan fingerprint density at radius 2 is 1.92 bits per heavy atom. The van der Waals surface area contributed by atoms with Crippen molar-refractivity contribution in [1.82, 2.24) is 0 Å².